The van der Waals surface area contributed by atoms with Crippen LogP contribution >= 0.6 is 11.6 Å². The summed E-state index contributed by atoms with van der Waals surface area (Å²) in [5, 5.41) is 8.37. The maximum atomic E-state index is 12.8. The van der Waals surface area contributed by atoms with Crippen LogP contribution in [0.1, 0.15) is 35.1 Å². The minimum atomic E-state index is -4.48. The van der Waals surface area contributed by atoms with Crippen molar-refractivity contribution >= 4 is 23.0 Å². The molecule has 1 aliphatic rings. The van der Waals surface area contributed by atoms with Crippen LogP contribution in [0.5, 0.6) is 0 Å². The molecule has 0 bridgehead atoms. The first-order valence-corrected chi connectivity index (χ1v) is 8.76. The topological polar surface area (TPSA) is 55.4 Å². The Morgan fingerprint density at radius 3 is 2.74 bits per heavy atom. The zero-order valence-corrected chi connectivity index (χ0v) is 14.8. The minimum Gasteiger partial charge on any atom is -0.335 e. The fourth-order valence-electron chi connectivity index (χ4n) is 3.30. The van der Waals surface area contributed by atoms with Crippen LogP contribution in [-0.4, -0.2) is 43.3 Å². The molecule has 1 atom stereocenters. The van der Waals surface area contributed by atoms with Gasteiger partial charge in [0.1, 0.15) is 0 Å². The number of hydrogen-bond donors (Lipinski definition) is 0. The van der Waals surface area contributed by atoms with Crippen LogP contribution < -0.4 is 0 Å². The van der Waals surface area contributed by atoms with Crippen LogP contribution in [0.3, 0.4) is 0 Å². The van der Waals surface area contributed by atoms with Gasteiger partial charge in [0.05, 0.1) is 16.6 Å². The van der Waals surface area contributed by atoms with E-state index in [0.717, 1.165) is 6.07 Å². The Hall–Kier alpha value is -2.55. The van der Waals surface area contributed by atoms with Crippen molar-refractivity contribution in [2.75, 3.05) is 13.1 Å². The summed E-state index contributed by atoms with van der Waals surface area (Å²) in [5.74, 6) is -0.275. The lowest BCUT2D eigenvalue weighted by Crippen LogP contribution is -2.41. The van der Waals surface area contributed by atoms with Crippen molar-refractivity contribution in [3.05, 3.63) is 53.1 Å². The second-order valence-electron chi connectivity index (χ2n) is 6.44. The number of alkyl halides is 3. The molecule has 0 aliphatic carbocycles. The molecule has 0 saturated carbocycles. The summed E-state index contributed by atoms with van der Waals surface area (Å²) < 4.78 is 41.1. The molecule has 0 spiro atoms. The first-order valence-electron chi connectivity index (χ1n) is 8.38. The standard InChI is InChI=1S/C17H15ClF3N5O/c18-12-4-2-7-26-14(12)9-13(22-26)16(27)24-6-1-3-11(10-24)25-8-5-15(23-25)17(19,20)21/h2,4-5,7-9,11H,1,3,6,10H2. The highest BCUT2D eigenvalue weighted by atomic mass is 35.5. The Kier molecular flexibility index (Phi) is 4.33. The molecule has 1 saturated heterocycles. The molecular formula is C17H15ClF3N5O. The van der Waals surface area contributed by atoms with Crippen LogP contribution in [0, 0.1) is 0 Å². The van der Waals surface area contributed by atoms with E-state index in [1.165, 1.54) is 15.4 Å². The molecule has 27 heavy (non-hydrogen) atoms. The van der Waals surface area contributed by atoms with E-state index in [0.29, 0.717) is 29.9 Å². The highest BCUT2D eigenvalue weighted by Crippen LogP contribution is 2.29. The summed E-state index contributed by atoms with van der Waals surface area (Å²) in [6, 6.07) is 5.69. The Morgan fingerprint density at radius 2 is 2.04 bits per heavy atom. The smallest absolute Gasteiger partial charge is 0.335 e. The molecular weight excluding hydrogens is 383 g/mol. The largest absolute Gasteiger partial charge is 0.435 e. The van der Waals surface area contributed by atoms with Crippen LogP contribution in [0.4, 0.5) is 13.2 Å². The third-order valence-corrected chi connectivity index (χ3v) is 4.95. The first-order chi connectivity index (χ1) is 12.8. The number of aromatic nitrogens is 4. The van der Waals surface area contributed by atoms with E-state index in [1.807, 2.05) is 0 Å². The average molecular weight is 398 g/mol. The fourth-order valence-corrected chi connectivity index (χ4v) is 3.51. The number of fused-ring (bicyclic) bond motifs is 1. The summed E-state index contributed by atoms with van der Waals surface area (Å²) in [6.07, 6.45) is -0.151. The van der Waals surface area contributed by atoms with Gasteiger partial charge < -0.3 is 4.90 Å². The lowest BCUT2D eigenvalue weighted by molar-refractivity contribution is -0.141. The van der Waals surface area contributed by atoms with E-state index in [2.05, 4.69) is 10.2 Å². The van der Waals surface area contributed by atoms with Crippen molar-refractivity contribution in [3.8, 4) is 0 Å². The average Bonchev–Trinajstić information content (AvgIpc) is 3.29. The van der Waals surface area contributed by atoms with Gasteiger partial charge in [-0.3, -0.25) is 9.48 Å². The van der Waals surface area contributed by atoms with Crippen molar-refractivity contribution in [2.45, 2.75) is 25.1 Å². The van der Waals surface area contributed by atoms with Crippen LogP contribution in [0.15, 0.2) is 36.7 Å². The molecule has 10 heteroatoms. The molecule has 0 aromatic carbocycles. The van der Waals surface area contributed by atoms with Crippen molar-refractivity contribution in [1.29, 1.82) is 0 Å². The van der Waals surface area contributed by atoms with Crippen molar-refractivity contribution < 1.29 is 18.0 Å². The highest BCUT2D eigenvalue weighted by Gasteiger charge is 2.35. The second-order valence-corrected chi connectivity index (χ2v) is 6.85. The number of carbonyl (C=O) groups is 1. The van der Waals surface area contributed by atoms with Crippen LogP contribution in [0.25, 0.3) is 5.52 Å². The number of nitrogens with zero attached hydrogens (tertiary/aromatic N) is 5. The third kappa shape index (κ3) is 3.39. The molecule has 3 aromatic rings. The molecule has 142 valence electrons. The van der Waals surface area contributed by atoms with Gasteiger partial charge in [0.15, 0.2) is 11.4 Å². The van der Waals surface area contributed by atoms with Gasteiger partial charge in [-0.05, 0) is 37.1 Å². The number of hydrogen-bond acceptors (Lipinski definition) is 3. The Balaban J connectivity index is 1.54. The van der Waals surface area contributed by atoms with Crippen LogP contribution in [0.2, 0.25) is 5.02 Å². The molecule has 6 nitrogen and oxygen atoms in total. The molecule has 3 aromatic heterocycles. The zero-order valence-electron chi connectivity index (χ0n) is 14.0. The molecule has 4 rings (SSSR count). The summed E-state index contributed by atoms with van der Waals surface area (Å²) in [6.45, 7) is 0.795. The quantitative estimate of drug-likeness (QED) is 0.663. The van der Waals surface area contributed by atoms with Crippen LogP contribution in [-0.2, 0) is 6.18 Å². The summed E-state index contributed by atoms with van der Waals surface area (Å²) in [5.41, 5.74) is -0.0564. The summed E-state index contributed by atoms with van der Waals surface area (Å²) in [4.78, 5) is 14.4. The van der Waals surface area contributed by atoms with Gasteiger partial charge in [0.2, 0.25) is 0 Å². The number of halogens is 4. The van der Waals surface area contributed by atoms with E-state index in [4.69, 9.17) is 11.6 Å². The predicted octanol–water partition coefficient (Wildman–Crippen LogP) is 3.68. The Morgan fingerprint density at radius 1 is 1.22 bits per heavy atom. The number of piperidine rings is 1. The second kappa shape index (κ2) is 6.56. The minimum absolute atomic E-state index is 0.250. The normalized spacial score (nSPS) is 18.2. The zero-order chi connectivity index (χ0) is 19.2. The van der Waals surface area contributed by atoms with Gasteiger partial charge in [-0.2, -0.15) is 23.4 Å². The number of amides is 1. The fraction of sp³-hybridized carbons (Fsp3) is 0.353. The van der Waals surface area contributed by atoms with Gasteiger partial charge in [-0.25, -0.2) is 4.52 Å². The van der Waals surface area contributed by atoms with Crippen molar-refractivity contribution in [2.24, 2.45) is 0 Å². The van der Waals surface area contributed by atoms with Crippen molar-refractivity contribution in [1.82, 2.24) is 24.3 Å². The molecule has 0 radical (unpaired) electrons. The van der Waals surface area contributed by atoms with E-state index < -0.39 is 11.9 Å². The summed E-state index contributed by atoms with van der Waals surface area (Å²) in [7, 11) is 0. The van der Waals surface area contributed by atoms with Gasteiger partial charge in [0, 0.05) is 25.5 Å². The molecule has 1 unspecified atom stereocenters. The predicted molar refractivity (Wildman–Crippen MR) is 91.6 cm³/mol. The molecule has 1 amide bonds. The van der Waals surface area contributed by atoms with E-state index in [-0.39, 0.29) is 24.2 Å². The SMILES string of the molecule is O=C(c1cc2c(Cl)cccn2n1)N1CCCC(n2ccc(C(F)(F)F)n2)C1. The molecule has 4 heterocycles. The Labute approximate surface area is 157 Å². The lowest BCUT2D eigenvalue weighted by atomic mass is 10.1. The number of pyridine rings is 1. The highest BCUT2D eigenvalue weighted by molar-refractivity contribution is 6.33. The molecule has 0 N–H and O–H groups in total. The van der Waals surface area contributed by atoms with Gasteiger partial charge in [0.25, 0.3) is 5.91 Å². The van der Waals surface area contributed by atoms with E-state index in [1.54, 1.807) is 29.3 Å². The molecule has 1 fully saturated rings. The summed E-state index contributed by atoms with van der Waals surface area (Å²) >= 11 is 6.11. The number of rotatable bonds is 2. The van der Waals surface area contributed by atoms with Gasteiger partial charge in [-0.15, -0.1) is 0 Å². The van der Waals surface area contributed by atoms with E-state index >= 15 is 0 Å². The third-order valence-electron chi connectivity index (χ3n) is 4.63. The maximum Gasteiger partial charge on any atom is 0.435 e. The number of carbonyl (C=O) groups excluding carboxylic acids is 1. The van der Waals surface area contributed by atoms with Crippen molar-refractivity contribution in [3.63, 3.8) is 0 Å². The Bertz CT molecular complexity index is 996. The number of likely N-dealkylation sites (tertiary alicyclic amines) is 1. The maximum absolute atomic E-state index is 12.8. The van der Waals surface area contributed by atoms with Gasteiger partial charge >= 0.3 is 6.18 Å². The lowest BCUT2D eigenvalue weighted by Gasteiger charge is -2.32. The monoisotopic (exact) mass is 397 g/mol. The van der Waals surface area contributed by atoms with E-state index in [9.17, 15) is 18.0 Å². The van der Waals surface area contributed by atoms with Gasteiger partial charge in [-0.1, -0.05) is 11.6 Å². The first kappa shape index (κ1) is 17.8. The molecule has 1 aliphatic heterocycles.